The average Bonchev–Trinajstić information content (AvgIpc) is 3.54. The molecule has 1 saturated carbocycles. The summed E-state index contributed by atoms with van der Waals surface area (Å²) in [6.45, 7) is 4.54. The first-order chi connectivity index (χ1) is 17.2. The first-order valence-electron chi connectivity index (χ1n) is 11.0. The van der Waals surface area contributed by atoms with Crippen molar-refractivity contribution in [2.45, 2.75) is 51.3 Å². The Morgan fingerprint density at radius 1 is 1.08 bits per heavy atom. The van der Waals surface area contributed by atoms with Gasteiger partial charge in [0.1, 0.15) is 5.82 Å². The number of hydrogen-bond donors (Lipinski definition) is 2. The molecule has 0 bridgehead atoms. The molecule has 1 aliphatic carbocycles. The topological polar surface area (TPSA) is 118 Å². The van der Waals surface area contributed by atoms with Crippen LogP contribution < -0.4 is 0 Å². The summed E-state index contributed by atoms with van der Waals surface area (Å²) in [5.41, 5.74) is 4.07. The number of aliphatic carboxylic acids is 2. The number of aromatic nitrogens is 3. The summed E-state index contributed by atoms with van der Waals surface area (Å²) in [7, 11) is 2.05. The molecular weight excluding hydrogens is 514 g/mol. The van der Waals surface area contributed by atoms with Gasteiger partial charge in [0.25, 0.3) is 0 Å². The zero-order valence-electron chi connectivity index (χ0n) is 19.7. The fraction of sp³-hybridized carbons (Fsp3) is 0.545. The summed E-state index contributed by atoms with van der Waals surface area (Å²) in [5.74, 6) is -3.58. The van der Waals surface area contributed by atoms with Crippen molar-refractivity contribution in [1.82, 2.24) is 19.4 Å². The van der Waals surface area contributed by atoms with E-state index in [0.29, 0.717) is 6.61 Å². The molecule has 2 aromatic rings. The van der Waals surface area contributed by atoms with E-state index in [1.807, 2.05) is 24.8 Å². The Morgan fingerprint density at radius 2 is 1.68 bits per heavy atom. The lowest BCUT2D eigenvalue weighted by Crippen LogP contribution is -2.31. The molecule has 2 aromatic heterocycles. The number of ether oxygens (including phenoxy) is 1. The number of rotatable bonds is 6. The first-order valence-corrected chi connectivity index (χ1v) is 11.0. The summed E-state index contributed by atoms with van der Waals surface area (Å²) >= 11 is 0. The number of carboxylic acids is 2. The minimum absolute atomic E-state index is 0.714. The van der Waals surface area contributed by atoms with Crippen LogP contribution in [0.15, 0.2) is 24.8 Å². The van der Waals surface area contributed by atoms with Crippen LogP contribution >= 0.6 is 0 Å². The molecular formula is C22H26F6N4O5. The molecule has 1 aliphatic heterocycles. The van der Waals surface area contributed by atoms with Gasteiger partial charge >= 0.3 is 24.3 Å². The molecule has 0 saturated heterocycles. The lowest BCUT2D eigenvalue weighted by atomic mass is 9.97. The highest BCUT2D eigenvalue weighted by molar-refractivity contribution is 5.73. The van der Waals surface area contributed by atoms with Crippen LogP contribution in [0.2, 0.25) is 0 Å². The molecule has 0 spiro atoms. The molecule has 0 atom stereocenters. The van der Waals surface area contributed by atoms with Gasteiger partial charge in [-0.15, -0.1) is 0 Å². The SMILES string of the molecule is Cn1ccnc1CN1CCc2c(COCC3CC3)cncc2C1.O=C(O)C(F)(F)F.O=C(O)C(F)(F)F. The summed E-state index contributed by atoms with van der Waals surface area (Å²) in [4.78, 5) is 29.1. The Kier molecular flexibility index (Phi) is 10.4. The van der Waals surface area contributed by atoms with Gasteiger partial charge in [-0.2, -0.15) is 26.3 Å². The zero-order valence-corrected chi connectivity index (χ0v) is 19.7. The maximum Gasteiger partial charge on any atom is 0.490 e. The standard InChI is InChI=1S/C18H24N4O.2C2HF3O2/c1-21-7-5-20-18(21)11-22-6-4-17-15(10-22)8-19-9-16(17)13-23-12-14-2-3-14;2*3-2(4,5)1(6)7/h5,7-9,14H,2-4,6,10-13H2,1H3;2*(H,6,7). The van der Waals surface area contributed by atoms with Crippen molar-refractivity contribution < 1.29 is 50.9 Å². The van der Waals surface area contributed by atoms with Crippen molar-refractivity contribution in [3.63, 3.8) is 0 Å². The van der Waals surface area contributed by atoms with E-state index in [2.05, 4.69) is 26.5 Å². The molecule has 9 nitrogen and oxygen atoms in total. The third-order valence-electron chi connectivity index (χ3n) is 5.39. The molecule has 15 heteroatoms. The molecule has 0 aromatic carbocycles. The van der Waals surface area contributed by atoms with Crippen LogP contribution in [0, 0.1) is 5.92 Å². The van der Waals surface area contributed by atoms with E-state index in [0.717, 1.165) is 44.4 Å². The summed E-state index contributed by atoms with van der Waals surface area (Å²) in [6, 6.07) is 0. The minimum atomic E-state index is -5.08. The van der Waals surface area contributed by atoms with Gasteiger partial charge in [-0.05, 0) is 41.9 Å². The maximum absolute atomic E-state index is 10.6. The van der Waals surface area contributed by atoms with E-state index in [1.165, 1.54) is 29.5 Å². The molecule has 2 aliphatic rings. The van der Waals surface area contributed by atoms with Crippen molar-refractivity contribution >= 4 is 11.9 Å². The Morgan fingerprint density at radius 3 is 2.16 bits per heavy atom. The highest BCUT2D eigenvalue weighted by Gasteiger charge is 2.38. The molecule has 3 heterocycles. The number of carbonyl (C=O) groups is 2. The van der Waals surface area contributed by atoms with Crippen molar-refractivity contribution in [1.29, 1.82) is 0 Å². The molecule has 1 fully saturated rings. The zero-order chi connectivity index (χ0) is 27.8. The van der Waals surface area contributed by atoms with Crippen LogP contribution in [0.25, 0.3) is 0 Å². The Bertz CT molecular complexity index is 1030. The number of imidazole rings is 1. The van der Waals surface area contributed by atoms with E-state index in [9.17, 15) is 26.3 Å². The number of carboxylic acid groups (broad SMARTS) is 2. The lowest BCUT2D eigenvalue weighted by molar-refractivity contribution is -0.193. The largest absolute Gasteiger partial charge is 0.490 e. The predicted molar refractivity (Wildman–Crippen MR) is 115 cm³/mol. The van der Waals surface area contributed by atoms with Gasteiger partial charge in [0.05, 0.1) is 13.2 Å². The number of fused-ring (bicyclic) bond motifs is 1. The van der Waals surface area contributed by atoms with Gasteiger partial charge in [-0.25, -0.2) is 14.6 Å². The van der Waals surface area contributed by atoms with Crippen LogP contribution in [0.4, 0.5) is 26.3 Å². The van der Waals surface area contributed by atoms with Gasteiger partial charge in [0, 0.05) is 51.5 Å². The fourth-order valence-electron chi connectivity index (χ4n) is 3.25. The van der Waals surface area contributed by atoms with Crippen molar-refractivity contribution in [2.75, 3.05) is 13.2 Å². The van der Waals surface area contributed by atoms with Crippen LogP contribution in [0.5, 0.6) is 0 Å². The monoisotopic (exact) mass is 540 g/mol. The molecule has 2 N–H and O–H groups in total. The van der Waals surface area contributed by atoms with Crippen LogP contribution in [-0.2, 0) is 47.5 Å². The molecule has 0 amide bonds. The van der Waals surface area contributed by atoms with E-state index in [1.54, 1.807) is 0 Å². The smallest absolute Gasteiger partial charge is 0.475 e. The minimum Gasteiger partial charge on any atom is -0.475 e. The number of nitrogens with zero attached hydrogens (tertiary/aromatic N) is 4. The average molecular weight is 540 g/mol. The third kappa shape index (κ3) is 10.4. The number of alkyl halides is 6. The van der Waals surface area contributed by atoms with E-state index in [4.69, 9.17) is 24.5 Å². The summed E-state index contributed by atoms with van der Waals surface area (Å²) < 4.78 is 71.4. The van der Waals surface area contributed by atoms with Crippen molar-refractivity contribution in [3.05, 3.63) is 47.3 Å². The Labute approximate surface area is 207 Å². The number of pyridine rings is 1. The van der Waals surface area contributed by atoms with Gasteiger partial charge < -0.3 is 19.5 Å². The third-order valence-corrected chi connectivity index (χ3v) is 5.39. The van der Waals surface area contributed by atoms with Gasteiger partial charge in [-0.3, -0.25) is 9.88 Å². The van der Waals surface area contributed by atoms with Crippen LogP contribution in [-0.4, -0.2) is 67.1 Å². The number of hydrogen-bond acceptors (Lipinski definition) is 6. The molecule has 37 heavy (non-hydrogen) atoms. The second kappa shape index (κ2) is 12.9. The quantitative estimate of drug-likeness (QED) is 0.535. The number of halogens is 6. The van der Waals surface area contributed by atoms with Gasteiger partial charge in [0.2, 0.25) is 0 Å². The summed E-state index contributed by atoms with van der Waals surface area (Å²) in [5, 5.41) is 14.2. The van der Waals surface area contributed by atoms with E-state index in [-0.39, 0.29) is 0 Å². The van der Waals surface area contributed by atoms with Crippen LogP contribution in [0.3, 0.4) is 0 Å². The second-order valence-corrected chi connectivity index (χ2v) is 8.42. The predicted octanol–water partition coefficient (Wildman–Crippen LogP) is 3.57. The Balaban J connectivity index is 0.000000286. The Hall–Kier alpha value is -3.20. The van der Waals surface area contributed by atoms with E-state index < -0.39 is 24.3 Å². The molecule has 4 rings (SSSR count). The first kappa shape index (κ1) is 30.0. The normalized spacial score (nSPS) is 15.5. The molecule has 0 unspecified atom stereocenters. The fourth-order valence-corrected chi connectivity index (χ4v) is 3.25. The van der Waals surface area contributed by atoms with E-state index >= 15 is 0 Å². The van der Waals surface area contributed by atoms with Gasteiger partial charge in [-0.1, -0.05) is 0 Å². The van der Waals surface area contributed by atoms with Crippen LogP contribution in [0.1, 0.15) is 35.4 Å². The van der Waals surface area contributed by atoms with Crippen molar-refractivity contribution in [2.24, 2.45) is 13.0 Å². The molecule has 0 radical (unpaired) electrons. The molecule has 206 valence electrons. The van der Waals surface area contributed by atoms with Crippen molar-refractivity contribution in [3.8, 4) is 0 Å². The number of aryl methyl sites for hydroxylation is 1. The lowest BCUT2D eigenvalue weighted by Gasteiger charge is -2.29. The second-order valence-electron chi connectivity index (χ2n) is 8.42. The highest BCUT2D eigenvalue weighted by Crippen LogP contribution is 2.29. The van der Waals surface area contributed by atoms with Gasteiger partial charge in [0.15, 0.2) is 0 Å². The highest BCUT2D eigenvalue weighted by atomic mass is 19.4. The maximum atomic E-state index is 10.6. The summed E-state index contributed by atoms with van der Waals surface area (Å²) in [6.07, 6.45) is 1.46.